The first-order valence-corrected chi connectivity index (χ1v) is 6.21. The molecule has 0 radical (unpaired) electrons. The van der Waals surface area contributed by atoms with E-state index in [1.54, 1.807) is 6.20 Å². The van der Waals surface area contributed by atoms with Gasteiger partial charge in [-0.25, -0.2) is 4.98 Å². The fraction of sp³-hybridized carbons (Fsp3) is 0.583. The number of hydrogen-bond donors (Lipinski definition) is 1. The molecule has 5 heteroatoms. The average molecular weight is 231 g/mol. The Balaban J connectivity index is 2.02. The van der Waals surface area contributed by atoms with Crippen molar-refractivity contribution in [3.63, 3.8) is 0 Å². The van der Waals surface area contributed by atoms with Crippen molar-refractivity contribution in [3.8, 4) is 0 Å². The minimum absolute atomic E-state index is 0.454. The third-order valence-corrected chi connectivity index (χ3v) is 3.68. The molecular weight excluding hydrogens is 214 g/mol. The van der Waals surface area contributed by atoms with Gasteiger partial charge in [0, 0.05) is 18.3 Å². The molecule has 2 unspecified atom stereocenters. The van der Waals surface area contributed by atoms with E-state index in [1.165, 1.54) is 25.7 Å². The molecule has 3 rings (SSSR count). The lowest BCUT2D eigenvalue weighted by molar-refractivity contribution is 0.334. The fourth-order valence-electron chi connectivity index (χ4n) is 2.81. The molecule has 2 heterocycles. The molecule has 2 N–H and O–H groups in total. The highest BCUT2D eigenvalue weighted by Crippen LogP contribution is 2.35. The van der Waals surface area contributed by atoms with Gasteiger partial charge < -0.3 is 5.73 Å². The molecule has 1 aliphatic rings. The van der Waals surface area contributed by atoms with Crippen molar-refractivity contribution < 1.29 is 0 Å². The second-order valence-electron chi connectivity index (χ2n) is 5.03. The topological polar surface area (TPSA) is 69.1 Å². The van der Waals surface area contributed by atoms with Crippen molar-refractivity contribution in [2.24, 2.45) is 5.92 Å². The summed E-state index contributed by atoms with van der Waals surface area (Å²) in [5, 5.41) is 8.45. The third-order valence-electron chi connectivity index (χ3n) is 3.68. The van der Waals surface area contributed by atoms with Gasteiger partial charge in [-0.05, 0) is 18.8 Å². The van der Waals surface area contributed by atoms with Crippen LogP contribution >= 0.6 is 0 Å². The molecule has 90 valence electrons. The highest BCUT2D eigenvalue weighted by molar-refractivity contribution is 5.58. The van der Waals surface area contributed by atoms with E-state index in [4.69, 9.17) is 5.73 Å². The van der Waals surface area contributed by atoms with E-state index in [9.17, 15) is 0 Å². The number of aromatic nitrogens is 4. The Labute approximate surface area is 100 Å². The van der Waals surface area contributed by atoms with Crippen molar-refractivity contribution in [2.45, 2.75) is 38.5 Å². The predicted molar refractivity (Wildman–Crippen MR) is 65.6 cm³/mol. The summed E-state index contributed by atoms with van der Waals surface area (Å²) in [6.45, 7) is 2.31. The first-order chi connectivity index (χ1) is 8.25. The Morgan fingerprint density at radius 2 is 2.24 bits per heavy atom. The molecule has 0 saturated heterocycles. The summed E-state index contributed by atoms with van der Waals surface area (Å²) in [5.74, 6) is 2.78. The molecular formula is C12H17N5. The molecule has 2 atom stereocenters. The molecule has 2 aromatic heterocycles. The second kappa shape index (κ2) is 3.98. The lowest BCUT2D eigenvalue weighted by atomic mass is 9.82. The van der Waals surface area contributed by atoms with E-state index >= 15 is 0 Å². The molecule has 1 aliphatic carbocycles. The first-order valence-electron chi connectivity index (χ1n) is 6.21. The van der Waals surface area contributed by atoms with Crippen LogP contribution in [0.3, 0.4) is 0 Å². The standard InChI is InChI=1S/C12H17N5/c1-8-3-2-4-9(7-8)11-15-16-12-10(13)14-5-6-17(11)12/h5-6,8-9H,2-4,7H2,1H3,(H2,13,14). The predicted octanol–water partition coefficient (Wildman–Crippen LogP) is 2.00. The van der Waals surface area contributed by atoms with Crippen LogP contribution in [0.15, 0.2) is 12.4 Å². The molecule has 17 heavy (non-hydrogen) atoms. The van der Waals surface area contributed by atoms with Crippen molar-refractivity contribution in [1.29, 1.82) is 0 Å². The van der Waals surface area contributed by atoms with Gasteiger partial charge in [0.15, 0.2) is 5.82 Å². The highest BCUT2D eigenvalue weighted by atomic mass is 15.3. The molecule has 0 aliphatic heterocycles. The van der Waals surface area contributed by atoms with E-state index < -0.39 is 0 Å². The zero-order chi connectivity index (χ0) is 11.8. The molecule has 2 aromatic rings. The van der Waals surface area contributed by atoms with Crippen molar-refractivity contribution in [1.82, 2.24) is 19.6 Å². The summed E-state index contributed by atoms with van der Waals surface area (Å²) in [5.41, 5.74) is 6.47. The Hall–Kier alpha value is -1.65. The number of fused-ring (bicyclic) bond motifs is 1. The largest absolute Gasteiger partial charge is 0.381 e. The molecule has 1 fully saturated rings. The van der Waals surface area contributed by atoms with Gasteiger partial charge in [0.1, 0.15) is 5.82 Å². The van der Waals surface area contributed by atoms with E-state index in [0.717, 1.165) is 11.7 Å². The minimum atomic E-state index is 0.454. The smallest absolute Gasteiger partial charge is 0.203 e. The van der Waals surface area contributed by atoms with Crippen LogP contribution in [0.5, 0.6) is 0 Å². The highest BCUT2D eigenvalue weighted by Gasteiger charge is 2.24. The normalized spacial score (nSPS) is 25.2. The quantitative estimate of drug-likeness (QED) is 0.815. The van der Waals surface area contributed by atoms with E-state index in [0.29, 0.717) is 17.4 Å². The van der Waals surface area contributed by atoms with Crippen LogP contribution in [-0.2, 0) is 0 Å². The maximum Gasteiger partial charge on any atom is 0.203 e. The first kappa shape index (κ1) is 10.5. The Morgan fingerprint density at radius 1 is 1.35 bits per heavy atom. The van der Waals surface area contributed by atoms with Crippen LogP contribution in [-0.4, -0.2) is 19.6 Å². The van der Waals surface area contributed by atoms with Crippen molar-refractivity contribution >= 4 is 11.5 Å². The van der Waals surface area contributed by atoms with E-state index in [2.05, 4.69) is 22.1 Å². The summed E-state index contributed by atoms with van der Waals surface area (Å²) < 4.78 is 1.99. The van der Waals surface area contributed by atoms with Gasteiger partial charge in [-0.15, -0.1) is 10.2 Å². The molecule has 0 aromatic carbocycles. The van der Waals surface area contributed by atoms with Crippen LogP contribution in [0.1, 0.15) is 44.3 Å². The number of nitrogen functional groups attached to an aromatic ring is 1. The maximum absolute atomic E-state index is 5.79. The van der Waals surface area contributed by atoms with Gasteiger partial charge >= 0.3 is 0 Å². The summed E-state index contributed by atoms with van der Waals surface area (Å²) >= 11 is 0. The minimum Gasteiger partial charge on any atom is -0.381 e. The second-order valence-corrected chi connectivity index (χ2v) is 5.03. The molecule has 0 bridgehead atoms. The van der Waals surface area contributed by atoms with Crippen molar-refractivity contribution in [2.75, 3.05) is 5.73 Å². The van der Waals surface area contributed by atoms with E-state index in [1.807, 2.05) is 10.6 Å². The van der Waals surface area contributed by atoms with Crippen LogP contribution in [0.2, 0.25) is 0 Å². The van der Waals surface area contributed by atoms with E-state index in [-0.39, 0.29) is 0 Å². The van der Waals surface area contributed by atoms with Crippen LogP contribution in [0, 0.1) is 5.92 Å². The lowest BCUT2D eigenvalue weighted by Crippen LogP contribution is -2.14. The Bertz CT molecular complexity index is 533. The van der Waals surface area contributed by atoms with Crippen LogP contribution in [0.25, 0.3) is 5.65 Å². The van der Waals surface area contributed by atoms with Crippen molar-refractivity contribution in [3.05, 3.63) is 18.2 Å². The molecule has 0 amide bonds. The number of nitrogens with zero attached hydrogens (tertiary/aromatic N) is 4. The summed E-state index contributed by atoms with van der Waals surface area (Å²) in [6.07, 6.45) is 8.62. The van der Waals surface area contributed by atoms with Crippen LogP contribution < -0.4 is 5.73 Å². The third kappa shape index (κ3) is 1.75. The summed E-state index contributed by atoms with van der Waals surface area (Å²) in [7, 11) is 0. The number of hydrogen-bond acceptors (Lipinski definition) is 4. The Kier molecular flexibility index (Phi) is 2.46. The zero-order valence-electron chi connectivity index (χ0n) is 10.0. The number of rotatable bonds is 1. The molecule has 5 nitrogen and oxygen atoms in total. The number of anilines is 1. The lowest BCUT2D eigenvalue weighted by Gasteiger charge is -2.25. The SMILES string of the molecule is CC1CCCC(c2nnc3c(N)nccn23)C1. The maximum atomic E-state index is 5.79. The zero-order valence-corrected chi connectivity index (χ0v) is 10.0. The Morgan fingerprint density at radius 3 is 3.06 bits per heavy atom. The fourth-order valence-corrected chi connectivity index (χ4v) is 2.81. The summed E-state index contributed by atoms with van der Waals surface area (Å²) in [6, 6.07) is 0. The molecule has 1 saturated carbocycles. The number of nitrogens with two attached hydrogens (primary N) is 1. The molecule has 0 spiro atoms. The van der Waals surface area contributed by atoms with Gasteiger partial charge in [0.2, 0.25) is 5.65 Å². The monoisotopic (exact) mass is 231 g/mol. The summed E-state index contributed by atoms with van der Waals surface area (Å²) in [4.78, 5) is 4.04. The van der Waals surface area contributed by atoms with Gasteiger partial charge in [-0.3, -0.25) is 4.40 Å². The average Bonchev–Trinajstić information content (AvgIpc) is 2.74. The van der Waals surface area contributed by atoms with Gasteiger partial charge in [0.05, 0.1) is 0 Å². The van der Waals surface area contributed by atoms with Gasteiger partial charge in [0.25, 0.3) is 0 Å². The van der Waals surface area contributed by atoms with Gasteiger partial charge in [-0.2, -0.15) is 0 Å². The van der Waals surface area contributed by atoms with Crippen LogP contribution in [0.4, 0.5) is 5.82 Å². The van der Waals surface area contributed by atoms with Gasteiger partial charge in [-0.1, -0.05) is 19.8 Å².